The van der Waals surface area contributed by atoms with Crippen LogP contribution in [-0.4, -0.2) is 49.1 Å². The van der Waals surface area contributed by atoms with Crippen LogP contribution in [0.2, 0.25) is 0 Å². The van der Waals surface area contributed by atoms with Gasteiger partial charge in [0.2, 0.25) is 0 Å². The molecule has 0 spiro atoms. The highest BCUT2D eigenvalue weighted by Crippen LogP contribution is 2.18. The van der Waals surface area contributed by atoms with Gasteiger partial charge >= 0.3 is 0 Å². The van der Waals surface area contributed by atoms with Gasteiger partial charge in [-0.2, -0.15) is 0 Å². The number of aliphatic imine (C=N–C) groups is 1. The molecule has 0 amide bonds. The van der Waals surface area contributed by atoms with Crippen molar-refractivity contribution in [2.24, 2.45) is 10.9 Å². The van der Waals surface area contributed by atoms with E-state index in [9.17, 15) is 0 Å². The lowest BCUT2D eigenvalue weighted by atomic mass is 10.0. The highest BCUT2D eigenvalue weighted by Gasteiger charge is 2.22. The van der Waals surface area contributed by atoms with Crippen molar-refractivity contribution in [2.45, 2.75) is 65.0 Å². The van der Waals surface area contributed by atoms with Gasteiger partial charge in [-0.25, -0.2) is 0 Å². The lowest BCUT2D eigenvalue weighted by molar-refractivity contribution is 0.218. The zero-order valence-corrected chi connectivity index (χ0v) is 14.6. The minimum atomic E-state index is 0.521. The van der Waals surface area contributed by atoms with Crippen molar-refractivity contribution in [3.63, 3.8) is 0 Å². The standard InChI is InChI=1S/C18H34N4/c1-4-19-18(21-16-9-5-6-10-16)20-14-17(13-15(2)3)22-11-7-8-12-22/h5-6,15-17H,4,7-14H2,1-3H3,(H2,19,20,21). The van der Waals surface area contributed by atoms with Gasteiger partial charge in [0, 0.05) is 18.6 Å². The number of nitrogens with one attached hydrogen (secondary N) is 2. The van der Waals surface area contributed by atoms with Crippen LogP contribution in [0.5, 0.6) is 0 Å². The number of nitrogens with zero attached hydrogens (tertiary/aromatic N) is 2. The van der Waals surface area contributed by atoms with Crippen molar-refractivity contribution < 1.29 is 0 Å². The third kappa shape index (κ3) is 5.64. The first kappa shape index (κ1) is 17.3. The summed E-state index contributed by atoms with van der Waals surface area (Å²) in [4.78, 5) is 7.54. The maximum atomic E-state index is 4.90. The van der Waals surface area contributed by atoms with E-state index in [0.29, 0.717) is 12.1 Å². The Balaban J connectivity index is 1.91. The average Bonchev–Trinajstić information content (AvgIpc) is 3.16. The topological polar surface area (TPSA) is 39.7 Å². The number of rotatable bonds is 7. The van der Waals surface area contributed by atoms with Crippen molar-refractivity contribution in [2.75, 3.05) is 26.2 Å². The quantitative estimate of drug-likeness (QED) is 0.432. The van der Waals surface area contributed by atoms with E-state index in [4.69, 9.17) is 4.99 Å². The Morgan fingerprint density at radius 2 is 1.91 bits per heavy atom. The second-order valence-electron chi connectivity index (χ2n) is 7.03. The lowest BCUT2D eigenvalue weighted by Gasteiger charge is -2.28. The Labute approximate surface area is 136 Å². The highest BCUT2D eigenvalue weighted by atomic mass is 15.2. The molecule has 0 aromatic heterocycles. The molecule has 2 aliphatic rings. The second-order valence-corrected chi connectivity index (χ2v) is 7.03. The fourth-order valence-corrected chi connectivity index (χ4v) is 3.44. The van der Waals surface area contributed by atoms with Gasteiger partial charge in [0.25, 0.3) is 0 Å². The second kappa shape index (κ2) is 9.19. The summed E-state index contributed by atoms with van der Waals surface area (Å²) < 4.78 is 0. The van der Waals surface area contributed by atoms with E-state index >= 15 is 0 Å². The fraction of sp³-hybridized carbons (Fsp3) is 0.833. The minimum Gasteiger partial charge on any atom is -0.357 e. The molecule has 1 aliphatic carbocycles. The van der Waals surface area contributed by atoms with E-state index in [2.05, 4.69) is 48.5 Å². The summed E-state index contributed by atoms with van der Waals surface area (Å²) in [7, 11) is 0. The molecule has 126 valence electrons. The predicted octanol–water partition coefficient (Wildman–Crippen LogP) is 2.77. The molecule has 1 saturated heterocycles. The third-order valence-corrected chi connectivity index (χ3v) is 4.55. The SMILES string of the molecule is CCNC(=NCC(CC(C)C)N1CCCC1)NC1CC=CC1. The lowest BCUT2D eigenvalue weighted by Crippen LogP contribution is -2.44. The van der Waals surface area contributed by atoms with Crippen LogP contribution in [-0.2, 0) is 0 Å². The van der Waals surface area contributed by atoms with Crippen LogP contribution < -0.4 is 10.6 Å². The first-order chi connectivity index (χ1) is 10.7. The Kier molecular flexibility index (Phi) is 7.23. The van der Waals surface area contributed by atoms with E-state index in [0.717, 1.165) is 37.8 Å². The third-order valence-electron chi connectivity index (χ3n) is 4.55. The first-order valence-corrected chi connectivity index (χ1v) is 9.13. The van der Waals surface area contributed by atoms with Gasteiger partial charge in [-0.1, -0.05) is 26.0 Å². The van der Waals surface area contributed by atoms with Gasteiger partial charge in [0.05, 0.1) is 6.54 Å². The molecule has 1 fully saturated rings. The van der Waals surface area contributed by atoms with Crippen molar-refractivity contribution in [3.8, 4) is 0 Å². The van der Waals surface area contributed by atoms with E-state index in [-0.39, 0.29) is 0 Å². The maximum Gasteiger partial charge on any atom is 0.191 e. The molecule has 0 bridgehead atoms. The molecule has 1 heterocycles. The fourth-order valence-electron chi connectivity index (χ4n) is 3.44. The van der Waals surface area contributed by atoms with Crippen LogP contribution in [0.25, 0.3) is 0 Å². The van der Waals surface area contributed by atoms with E-state index < -0.39 is 0 Å². The summed E-state index contributed by atoms with van der Waals surface area (Å²) in [5.74, 6) is 1.72. The Hall–Kier alpha value is -1.03. The molecule has 1 unspecified atom stereocenters. The monoisotopic (exact) mass is 306 g/mol. The summed E-state index contributed by atoms with van der Waals surface area (Å²) in [6.07, 6.45) is 10.7. The van der Waals surface area contributed by atoms with Crippen molar-refractivity contribution >= 4 is 5.96 Å². The molecular weight excluding hydrogens is 272 g/mol. The van der Waals surface area contributed by atoms with Crippen LogP contribution >= 0.6 is 0 Å². The molecule has 0 saturated carbocycles. The summed E-state index contributed by atoms with van der Waals surface area (Å²) >= 11 is 0. The summed E-state index contributed by atoms with van der Waals surface area (Å²) in [6, 6.07) is 1.12. The number of hydrogen-bond acceptors (Lipinski definition) is 2. The molecule has 1 aliphatic heterocycles. The van der Waals surface area contributed by atoms with Gasteiger partial charge in [-0.05, 0) is 58.0 Å². The molecule has 1 atom stereocenters. The smallest absolute Gasteiger partial charge is 0.191 e. The van der Waals surface area contributed by atoms with Crippen LogP contribution in [0.15, 0.2) is 17.1 Å². The van der Waals surface area contributed by atoms with Gasteiger partial charge in [0.1, 0.15) is 0 Å². The van der Waals surface area contributed by atoms with Gasteiger partial charge < -0.3 is 10.6 Å². The minimum absolute atomic E-state index is 0.521. The molecule has 0 aromatic carbocycles. The average molecular weight is 306 g/mol. The van der Waals surface area contributed by atoms with Crippen LogP contribution in [0.1, 0.15) is 52.9 Å². The molecular formula is C18H34N4. The Morgan fingerprint density at radius 1 is 1.23 bits per heavy atom. The van der Waals surface area contributed by atoms with Crippen molar-refractivity contribution in [1.29, 1.82) is 0 Å². The van der Waals surface area contributed by atoms with Crippen LogP contribution in [0, 0.1) is 5.92 Å². The van der Waals surface area contributed by atoms with Crippen LogP contribution in [0.3, 0.4) is 0 Å². The summed E-state index contributed by atoms with van der Waals surface area (Å²) in [6.45, 7) is 11.1. The molecule has 4 nitrogen and oxygen atoms in total. The summed E-state index contributed by atoms with van der Waals surface area (Å²) in [5, 5.41) is 6.98. The molecule has 22 heavy (non-hydrogen) atoms. The Morgan fingerprint density at radius 3 is 2.50 bits per heavy atom. The van der Waals surface area contributed by atoms with Gasteiger partial charge in [0.15, 0.2) is 5.96 Å². The molecule has 2 rings (SSSR count). The number of hydrogen-bond donors (Lipinski definition) is 2. The number of guanidine groups is 1. The van der Waals surface area contributed by atoms with Crippen molar-refractivity contribution in [3.05, 3.63) is 12.2 Å². The largest absolute Gasteiger partial charge is 0.357 e. The normalized spacial score (nSPS) is 21.7. The van der Waals surface area contributed by atoms with E-state index in [1.165, 1.54) is 32.4 Å². The zero-order chi connectivity index (χ0) is 15.8. The van der Waals surface area contributed by atoms with E-state index in [1.54, 1.807) is 0 Å². The van der Waals surface area contributed by atoms with Gasteiger partial charge in [-0.15, -0.1) is 0 Å². The molecule has 2 N–H and O–H groups in total. The first-order valence-electron chi connectivity index (χ1n) is 9.13. The molecule has 0 aromatic rings. The summed E-state index contributed by atoms with van der Waals surface area (Å²) in [5.41, 5.74) is 0. The molecule has 4 heteroatoms. The van der Waals surface area contributed by atoms with Crippen LogP contribution in [0.4, 0.5) is 0 Å². The Bertz CT molecular complexity index is 361. The maximum absolute atomic E-state index is 4.90. The van der Waals surface area contributed by atoms with E-state index in [1.807, 2.05) is 0 Å². The zero-order valence-electron chi connectivity index (χ0n) is 14.6. The van der Waals surface area contributed by atoms with Gasteiger partial charge in [-0.3, -0.25) is 9.89 Å². The predicted molar refractivity (Wildman–Crippen MR) is 95.3 cm³/mol. The number of likely N-dealkylation sites (tertiary alicyclic amines) is 1. The highest BCUT2D eigenvalue weighted by molar-refractivity contribution is 5.80. The van der Waals surface area contributed by atoms with Crippen molar-refractivity contribution in [1.82, 2.24) is 15.5 Å². The molecule has 0 radical (unpaired) electrons.